The van der Waals surface area contributed by atoms with Gasteiger partial charge in [-0.1, -0.05) is 62.4 Å². The number of hydrogen-bond donors (Lipinski definition) is 0. The molecule has 5 heteroatoms. The van der Waals surface area contributed by atoms with Crippen molar-refractivity contribution in [1.82, 2.24) is 9.80 Å². The molecule has 1 saturated heterocycles. The van der Waals surface area contributed by atoms with Crippen LogP contribution in [0.3, 0.4) is 0 Å². The van der Waals surface area contributed by atoms with E-state index in [9.17, 15) is 9.59 Å². The number of carbonyl (C=O) groups is 2. The molecule has 3 rings (SSSR count). The Labute approximate surface area is 192 Å². The first-order valence-electron chi connectivity index (χ1n) is 11.6. The third-order valence-electron chi connectivity index (χ3n) is 6.10. The Morgan fingerprint density at radius 2 is 1.72 bits per heavy atom. The predicted octanol–water partition coefficient (Wildman–Crippen LogP) is 4.77. The van der Waals surface area contributed by atoms with E-state index in [0.29, 0.717) is 38.5 Å². The number of likely N-dealkylation sites (tertiary alicyclic amines) is 1. The molecule has 0 bridgehead atoms. The van der Waals surface area contributed by atoms with Gasteiger partial charge in [0.15, 0.2) is 0 Å². The van der Waals surface area contributed by atoms with Crippen molar-refractivity contribution in [3.05, 3.63) is 66.2 Å². The largest absolute Gasteiger partial charge is 0.493 e. The minimum atomic E-state index is -0.386. The van der Waals surface area contributed by atoms with E-state index in [1.807, 2.05) is 72.6 Å². The van der Waals surface area contributed by atoms with Crippen LogP contribution >= 0.6 is 0 Å². The third kappa shape index (κ3) is 6.84. The van der Waals surface area contributed by atoms with Crippen LogP contribution < -0.4 is 4.74 Å². The van der Waals surface area contributed by atoms with Crippen LogP contribution in [-0.4, -0.2) is 48.4 Å². The highest BCUT2D eigenvalue weighted by molar-refractivity contribution is 5.78. The normalized spacial score (nSPS) is 18.4. The standard InChI is InChI=1S/C27H36N2O3/c1-22(2)17-25(30)29-16-10-15-27(20-29,21-32-24-13-8-5-9-14-24)18-26(31)28(3)19-23-11-6-4-7-12-23/h4-9,11-14,22H,10,15-21H2,1-3H3/t27-/m0/s1. The van der Waals surface area contributed by atoms with E-state index in [0.717, 1.165) is 30.7 Å². The van der Waals surface area contributed by atoms with Gasteiger partial charge in [0.1, 0.15) is 5.75 Å². The fraction of sp³-hybridized carbons (Fsp3) is 0.481. The number of carbonyl (C=O) groups excluding carboxylic acids is 2. The van der Waals surface area contributed by atoms with E-state index < -0.39 is 0 Å². The highest BCUT2D eigenvalue weighted by Gasteiger charge is 2.40. The van der Waals surface area contributed by atoms with Crippen LogP contribution in [0, 0.1) is 11.3 Å². The zero-order valence-corrected chi connectivity index (χ0v) is 19.6. The minimum absolute atomic E-state index is 0.0867. The molecule has 0 spiro atoms. The van der Waals surface area contributed by atoms with Gasteiger partial charge in [0.2, 0.25) is 11.8 Å². The quantitative estimate of drug-likeness (QED) is 0.569. The number of rotatable bonds is 9. The van der Waals surface area contributed by atoms with E-state index in [4.69, 9.17) is 4.74 Å². The summed E-state index contributed by atoms with van der Waals surface area (Å²) in [5.41, 5.74) is 0.721. The van der Waals surface area contributed by atoms with E-state index in [-0.39, 0.29) is 17.2 Å². The van der Waals surface area contributed by atoms with Crippen molar-refractivity contribution < 1.29 is 14.3 Å². The molecule has 0 aromatic heterocycles. The topological polar surface area (TPSA) is 49.9 Å². The Hall–Kier alpha value is -2.82. The first kappa shape index (κ1) is 23.8. The van der Waals surface area contributed by atoms with Gasteiger partial charge in [0.25, 0.3) is 0 Å². The Balaban J connectivity index is 1.73. The van der Waals surface area contributed by atoms with Crippen LogP contribution in [-0.2, 0) is 16.1 Å². The van der Waals surface area contributed by atoms with Gasteiger partial charge in [-0.25, -0.2) is 0 Å². The van der Waals surface area contributed by atoms with Crippen molar-refractivity contribution >= 4 is 11.8 Å². The van der Waals surface area contributed by atoms with Crippen LogP contribution in [0.1, 0.15) is 45.1 Å². The maximum absolute atomic E-state index is 13.3. The maximum Gasteiger partial charge on any atom is 0.223 e. The molecule has 0 radical (unpaired) electrons. The van der Waals surface area contributed by atoms with Gasteiger partial charge in [0.05, 0.1) is 6.61 Å². The highest BCUT2D eigenvalue weighted by Crippen LogP contribution is 2.35. The number of amides is 2. The monoisotopic (exact) mass is 436 g/mol. The van der Waals surface area contributed by atoms with E-state index in [1.165, 1.54) is 0 Å². The molecule has 2 aromatic carbocycles. The SMILES string of the molecule is CC(C)CC(=O)N1CCC[C@](COc2ccccc2)(CC(=O)N(C)Cc2ccccc2)C1. The number of ether oxygens (including phenoxy) is 1. The van der Waals surface area contributed by atoms with Gasteiger partial charge in [0, 0.05) is 44.9 Å². The first-order valence-corrected chi connectivity index (χ1v) is 11.6. The average Bonchev–Trinajstić information content (AvgIpc) is 2.79. The van der Waals surface area contributed by atoms with Crippen LogP contribution in [0.15, 0.2) is 60.7 Å². The fourth-order valence-corrected chi connectivity index (χ4v) is 4.37. The molecule has 32 heavy (non-hydrogen) atoms. The fourth-order valence-electron chi connectivity index (χ4n) is 4.37. The summed E-state index contributed by atoms with van der Waals surface area (Å²) in [4.78, 5) is 29.8. The second-order valence-corrected chi connectivity index (χ2v) is 9.53. The number of nitrogens with zero attached hydrogens (tertiary/aromatic N) is 2. The zero-order chi connectivity index (χ0) is 23.0. The van der Waals surface area contributed by atoms with Crippen LogP contribution in [0.5, 0.6) is 5.75 Å². The highest BCUT2D eigenvalue weighted by atomic mass is 16.5. The third-order valence-corrected chi connectivity index (χ3v) is 6.10. The van der Waals surface area contributed by atoms with Crippen molar-refractivity contribution in [2.45, 2.75) is 46.1 Å². The summed E-state index contributed by atoms with van der Waals surface area (Å²) in [5.74, 6) is 1.37. The average molecular weight is 437 g/mol. The maximum atomic E-state index is 13.3. The number of benzene rings is 2. The van der Waals surface area contributed by atoms with Gasteiger partial charge >= 0.3 is 0 Å². The summed E-state index contributed by atoms with van der Waals surface area (Å²) >= 11 is 0. The smallest absolute Gasteiger partial charge is 0.223 e. The molecular formula is C27H36N2O3. The minimum Gasteiger partial charge on any atom is -0.493 e. The Morgan fingerprint density at radius 1 is 1.06 bits per heavy atom. The molecule has 172 valence electrons. The van der Waals surface area contributed by atoms with Crippen molar-refractivity contribution in [3.8, 4) is 5.75 Å². The van der Waals surface area contributed by atoms with Crippen molar-refractivity contribution in [2.24, 2.45) is 11.3 Å². The molecule has 1 fully saturated rings. The van der Waals surface area contributed by atoms with Gasteiger partial charge in [-0.3, -0.25) is 9.59 Å². The lowest BCUT2D eigenvalue weighted by molar-refractivity contribution is -0.141. The molecule has 0 unspecified atom stereocenters. The molecule has 2 amide bonds. The lowest BCUT2D eigenvalue weighted by Gasteiger charge is -2.43. The lowest BCUT2D eigenvalue weighted by Crippen LogP contribution is -2.50. The number of piperidine rings is 1. The predicted molar refractivity (Wildman–Crippen MR) is 127 cm³/mol. The van der Waals surface area contributed by atoms with E-state index in [1.54, 1.807) is 4.90 Å². The molecule has 1 heterocycles. The van der Waals surface area contributed by atoms with Crippen LogP contribution in [0.2, 0.25) is 0 Å². The van der Waals surface area contributed by atoms with E-state index in [2.05, 4.69) is 13.8 Å². The Morgan fingerprint density at radius 3 is 2.38 bits per heavy atom. The molecule has 0 saturated carbocycles. The Kier molecular flexibility index (Phi) is 8.32. The zero-order valence-electron chi connectivity index (χ0n) is 19.6. The van der Waals surface area contributed by atoms with Gasteiger partial charge in [-0.05, 0) is 36.5 Å². The summed E-state index contributed by atoms with van der Waals surface area (Å²) in [6.45, 7) is 6.45. The van der Waals surface area contributed by atoms with E-state index >= 15 is 0 Å². The Bertz CT molecular complexity index is 869. The molecular weight excluding hydrogens is 400 g/mol. The molecule has 1 atom stereocenters. The van der Waals surface area contributed by atoms with Gasteiger partial charge in [-0.15, -0.1) is 0 Å². The summed E-state index contributed by atoms with van der Waals surface area (Å²) in [6, 6.07) is 19.7. The molecule has 2 aromatic rings. The van der Waals surface area contributed by atoms with Crippen molar-refractivity contribution in [1.29, 1.82) is 0 Å². The summed E-state index contributed by atoms with van der Waals surface area (Å²) < 4.78 is 6.15. The molecule has 0 aliphatic carbocycles. The second kappa shape index (κ2) is 11.2. The molecule has 1 aliphatic rings. The number of para-hydroxylation sites is 1. The van der Waals surface area contributed by atoms with Gasteiger partial charge in [-0.2, -0.15) is 0 Å². The first-order chi connectivity index (χ1) is 15.4. The van der Waals surface area contributed by atoms with Crippen molar-refractivity contribution in [3.63, 3.8) is 0 Å². The van der Waals surface area contributed by atoms with Gasteiger partial charge < -0.3 is 14.5 Å². The summed E-state index contributed by atoms with van der Waals surface area (Å²) in [5, 5.41) is 0. The molecule has 0 N–H and O–H groups in total. The number of hydrogen-bond acceptors (Lipinski definition) is 3. The van der Waals surface area contributed by atoms with Crippen LogP contribution in [0.4, 0.5) is 0 Å². The molecule has 1 aliphatic heterocycles. The second-order valence-electron chi connectivity index (χ2n) is 9.53. The van der Waals surface area contributed by atoms with Crippen molar-refractivity contribution in [2.75, 3.05) is 26.7 Å². The van der Waals surface area contributed by atoms with Crippen LogP contribution in [0.25, 0.3) is 0 Å². The summed E-state index contributed by atoms with van der Waals surface area (Å²) in [6.07, 6.45) is 2.67. The molecule has 5 nitrogen and oxygen atoms in total. The summed E-state index contributed by atoms with van der Waals surface area (Å²) in [7, 11) is 1.85. The lowest BCUT2D eigenvalue weighted by atomic mass is 9.77.